The second kappa shape index (κ2) is 6.60. The van der Waals surface area contributed by atoms with E-state index in [1.807, 2.05) is 16.8 Å². The summed E-state index contributed by atoms with van der Waals surface area (Å²) in [6.07, 6.45) is 0. The first kappa shape index (κ1) is 17.9. The highest BCUT2D eigenvalue weighted by atomic mass is 79.9. The Morgan fingerprint density at radius 3 is 2.81 bits per heavy atom. The minimum absolute atomic E-state index is 0.116. The van der Waals surface area contributed by atoms with E-state index in [0.29, 0.717) is 12.1 Å². The highest BCUT2D eigenvalue weighted by molar-refractivity contribution is 9.10. The van der Waals surface area contributed by atoms with Crippen molar-refractivity contribution in [2.75, 3.05) is 5.32 Å². The Morgan fingerprint density at radius 1 is 1.22 bits per heavy atom. The maximum Gasteiger partial charge on any atom is 0.129 e. The minimum Gasteiger partial charge on any atom is -0.377 e. The Morgan fingerprint density at radius 2 is 2.04 bits per heavy atom. The molecule has 4 aromatic rings. The third-order valence-corrected chi connectivity index (χ3v) is 4.99. The number of hydrogen-bond acceptors (Lipinski definition) is 4. The van der Waals surface area contributed by atoms with E-state index in [4.69, 9.17) is 0 Å². The number of rotatable bonds is 4. The lowest BCUT2D eigenvalue weighted by Crippen LogP contribution is -2.16. The van der Waals surface area contributed by atoms with Crippen molar-refractivity contribution in [1.29, 1.82) is 0 Å². The Bertz CT molecular complexity index is 1120. The molecule has 0 saturated heterocycles. The average molecular weight is 431 g/mol. The SMILES string of the molecule is CC(C)(C)Cn1nnc2c(Br)c(NCc3nc4ccc(F)cc4[nH]3)ccc21. The molecule has 0 aliphatic carbocycles. The highest BCUT2D eigenvalue weighted by Gasteiger charge is 2.17. The van der Waals surface area contributed by atoms with Gasteiger partial charge in [0.05, 0.1) is 33.3 Å². The lowest BCUT2D eigenvalue weighted by molar-refractivity contribution is 0.327. The van der Waals surface area contributed by atoms with E-state index in [1.165, 1.54) is 12.1 Å². The zero-order valence-electron chi connectivity index (χ0n) is 15.3. The first-order valence-electron chi connectivity index (χ1n) is 8.70. The summed E-state index contributed by atoms with van der Waals surface area (Å²) in [5.74, 6) is 0.455. The number of nitrogens with one attached hydrogen (secondary N) is 2. The molecular formula is C19H20BrFN6. The number of nitrogens with zero attached hydrogens (tertiary/aromatic N) is 4. The number of benzene rings is 2. The van der Waals surface area contributed by atoms with Gasteiger partial charge < -0.3 is 10.3 Å². The van der Waals surface area contributed by atoms with Gasteiger partial charge in [-0.15, -0.1) is 5.10 Å². The third-order valence-electron chi connectivity index (χ3n) is 4.19. The molecule has 8 heteroatoms. The van der Waals surface area contributed by atoms with E-state index in [1.54, 1.807) is 6.07 Å². The molecule has 0 aliphatic heterocycles. The van der Waals surface area contributed by atoms with E-state index in [9.17, 15) is 4.39 Å². The second-order valence-electron chi connectivity index (χ2n) is 7.80. The Balaban J connectivity index is 1.57. The van der Waals surface area contributed by atoms with Gasteiger partial charge >= 0.3 is 0 Å². The first-order chi connectivity index (χ1) is 12.8. The summed E-state index contributed by atoms with van der Waals surface area (Å²) in [7, 11) is 0. The smallest absolute Gasteiger partial charge is 0.129 e. The maximum absolute atomic E-state index is 13.3. The van der Waals surface area contributed by atoms with Crippen LogP contribution in [0.3, 0.4) is 0 Å². The Hall–Kier alpha value is -2.48. The summed E-state index contributed by atoms with van der Waals surface area (Å²) in [5, 5.41) is 12.0. The van der Waals surface area contributed by atoms with Crippen molar-refractivity contribution >= 4 is 43.7 Å². The highest BCUT2D eigenvalue weighted by Crippen LogP contribution is 2.31. The van der Waals surface area contributed by atoms with Gasteiger partial charge in [0.15, 0.2) is 0 Å². The molecule has 2 aromatic heterocycles. The number of aromatic nitrogens is 5. The van der Waals surface area contributed by atoms with Crippen LogP contribution in [0.15, 0.2) is 34.8 Å². The zero-order valence-corrected chi connectivity index (χ0v) is 16.9. The molecule has 6 nitrogen and oxygen atoms in total. The molecule has 4 rings (SSSR count). The fourth-order valence-corrected chi connectivity index (χ4v) is 3.56. The summed E-state index contributed by atoms with van der Waals surface area (Å²) in [6, 6.07) is 8.53. The second-order valence-corrected chi connectivity index (χ2v) is 8.59. The average Bonchev–Trinajstić information content (AvgIpc) is 3.17. The van der Waals surface area contributed by atoms with E-state index < -0.39 is 0 Å². The maximum atomic E-state index is 13.3. The van der Waals surface area contributed by atoms with E-state index >= 15 is 0 Å². The monoisotopic (exact) mass is 430 g/mol. The van der Waals surface area contributed by atoms with Crippen LogP contribution in [0.4, 0.5) is 10.1 Å². The van der Waals surface area contributed by atoms with Gasteiger partial charge in [-0.2, -0.15) is 0 Å². The van der Waals surface area contributed by atoms with Crippen LogP contribution in [0.5, 0.6) is 0 Å². The summed E-state index contributed by atoms with van der Waals surface area (Å²) in [5.41, 5.74) is 4.25. The van der Waals surface area contributed by atoms with Crippen molar-refractivity contribution in [1.82, 2.24) is 25.0 Å². The normalized spacial score (nSPS) is 12.2. The number of halogens is 2. The van der Waals surface area contributed by atoms with E-state index in [0.717, 1.165) is 39.1 Å². The molecule has 0 atom stereocenters. The van der Waals surface area contributed by atoms with Gasteiger partial charge in [-0.25, -0.2) is 14.1 Å². The fourth-order valence-electron chi connectivity index (χ4n) is 3.00. The van der Waals surface area contributed by atoms with Gasteiger partial charge in [0, 0.05) is 6.54 Å². The molecule has 0 radical (unpaired) electrons. The molecule has 0 bridgehead atoms. The molecule has 2 heterocycles. The Labute approximate surface area is 164 Å². The molecule has 27 heavy (non-hydrogen) atoms. The molecule has 0 aliphatic rings. The largest absolute Gasteiger partial charge is 0.377 e. The third kappa shape index (κ3) is 3.66. The van der Waals surface area contributed by atoms with Crippen molar-refractivity contribution in [2.45, 2.75) is 33.9 Å². The molecule has 0 amide bonds. The van der Waals surface area contributed by atoms with Crippen LogP contribution >= 0.6 is 15.9 Å². The van der Waals surface area contributed by atoms with Crippen molar-refractivity contribution in [3.8, 4) is 0 Å². The standard InChI is InChI=1S/C19H20BrFN6/c1-19(2,3)10-27-15-7-6-13(17(20)18(15)25-26-27)22-9-16-23-12-5-4-11(21)8-14(12)24-16/h4-8,22H,9-10H2,1-3H3,(H,23,24). The summed E-state index contributed by atoms with van der Waals surface area (Å²) >= 11 is 3.63. The van der Waals surface area contributed by atoms with Gasteiger partial charge in [0.2, 0.25) is 0 Å². The van der Waals surface area contributed by atoms with Crippen molar-refractivity contribution in [3.05, 3.63) is 46.4 Å². The lowest BCUT2D eigenvalue weighted by atomic mass is 9.97. The summed E-state index contributed by atoms with van der Waals surface area (Å²) in [6.45, 7) is 7.79. The van der Waals surface area contributed by atoms with Crippen LogP contribution in [0.1, 0.15) is 26.6 Å². The van der Waals surface area contributed by atoms with E-state index in [-0.39, 0.29) is 11.2 Å². The number of fused-ring (bicyclic) bond motifs is 2. The van der Waals surface area contributed by atoms with E-state index in [2.05, 4.69) is 62.3 Å². The van der Waals surface area contributed by atoms with Crippen molar-refractivity contribution in [2.24, 2.45) is 5.41 Å². The van der Waals surface area contributed by atoms with Gasteiger partial charge in [-0.05, 0) is 51.7 Å². The molecule has 0 saturated carbocycles. The Kier molecular flexibility index (Phi) is 4.38. The van der Waals surface area contributed by atoms with Crippen LogP contribution in [-0.4, -0.2) is 25.0 Å². The van der Waals surface area contributed by atoms with Crippen LogP contribution in [-0.2, 0) is 13.1 Å². The molecule has 0 unspecified atom stereocenters. The quantitative estimate of drug-likeness (QED) is 0.484. The summed E-state index contributed by atoms with van der Waals surface area (Å²) < 4.78 is 16.1. The predicted octanol–water partition coefficient (Wildman–Crippen LogP) is 4.87. The van der Waals surface area contributed by atoms with Gasteiger partial charge in [-0.3, -0.25) is 0 Å². The first-order valence-corrected chi connectivity index (χ1v) is 9.49. The van der Waals surface area contributed by atoms with Gasteiger partial charge in [0.25, 0.3) is 0 Å². The number of hydrogen-bond donors (Lipinski definition) is 2. The predicted molar refractivity (Wildman–Crippen MR) is 108 cm³/mol. The number of anilines is 1. The summed E-state index contributed by atoms with van der Waals surface area (Å²) in [4.78, 5) is 7.61. The molecule has 2 aromatic carbocycles. The fraction of sp³-hybridized carbons (Fsp3) is 0.316. The van der Waals surface area contributed by atoms with Crippen LogP contribution < -0.4 is 5.32 Å². The number of H-pyrrole nitrogens is 1. The number of aromatic amines is 1. The lowest BCUT2D eigenvalue weighted by Gasteiger charge is -2.18. The van der Waals surface area contributed by atoms with Crippen LogP contribution in [0, 0.1) is 11.2 Å². The van der Waals surface area contributed by atoms with Crippen LogP contribution in [0.25, 0.3) is 22.1 Å². The number of imidazole rings is 1. The molecule has 0 fully saturated rings. The topological polar surface area (TPSA) is 71.4 Å². The molecular weight excluding hydrogens is 411 g/mol. The minimum atomic E-state index is -0.280. The molecule has 0 spiro atoms. The molecule has 2 N–H and O–H groups in total. The van der Waals surface area contributed by atoms with Gasteiger partial charge in [0.1, 0.15) is 17.2 Å². The van der Waals surface area contributed by atoms with Gasteiger partial charge in [-0.1, -0.05) is 26.0 Å². The molecule has 140 valence electrons. The zero-order chi connectivity index (χ0) is 19.2. The van der Waals surface area contributed by atoms with Crippen molar-refractivity contribution < 1.29 is 4.39 Å². The van der Waals surface area contributed by atoms with Crippen LogP contribution in [0.2, 0.25) is 0 Å². The van der Waals surface area contributed by atoms with Crippen molar-refractivity contribution in [3.63, 3.8) is 0 Å².